The molecule has 0 aromatic rings. The van der Waals surface area contributed by atoms with E-state index in [1.165, 1.54) is 0 Å². The Hall–Kier alpha value is -0.370. The van der Waals surface area contributed by atoms with Crippen LogP contribution in [0.2, 0.25) is 0 Å². The zero-order valence-corrected chi connectivity index (χ0v) is 8.68. The quantitative estimate of drug-likeness (QED) is 0.660. The highest BCUT2D eigenvalue weighted by Gasteiger charge is 2.19. The summed E-state index contributed by atoms with van der Waals surface area (Å²) in [6.07, 6.45) is 1.95. The number of ketones is 1. The lowest BCUT2D eigenvalue weighted by molar-refractivity contribution is -0.126. The van der Waals surface area contributed by atoms with Crippen LogP contribution >= 0.6 is 0 Å². The van der Waals surface area contributed by atoms with Gasteiger partial charge in [0.25, 0.3) is 0 Å². The Balaban J connectivity index is 3.97. The lowest BCUT2D eigenvalue weighted by Gasteiger charge is -2.16. The topological polar surface area (TPSA) is 29.1 Å². The van der Waals surface area contributed by atoms with E-state index in [1.807, 2.05) is 14.0 Å². The molecule has 1 unspecified atom stereocenters. The molecule has 0 aromatic heterocycles. The van der Waals surface area contributed by atoms with Gasteiger partial charge in [0, 0.05) is 18.4 Å². The van der Waals surface area contributed by atoms with Crippen LogP contribution in [0.1, 0.15) is 33.6 Å². The van der Waals surface area contributed by atoms with Crippen LogP contribution in [0.4, 0.5) is 0 Å². The van der Waals surface area contributed by atoms with Crippen molar-refractivity contribution in [2.24, 2.45) is 11.8 Å². The summed E-state index contributed by atoms with van der Waals surface area (Å²) in [6, 6.07) is 0. The predicted octanol–water partition coefficient (Wildman–Crippen LogP) is 1.85. The van der Waals surface area contributed by atoms with Gasteiger partial charge in [-0.1, -0.05) is 20.8 Å². The molecule has 0 saturated heterocycles. The Morgan fingerprint density at radius 1 is 1.33 bits per heavy atom. The highest BCUT2D eigenvalue weighted by atomic mass is 16.1. The molecule has 0 spiro atoms. The fourth-order valence-corrected chi connectivity index (χ4v) is 1.50. The number of hydrogen-bond acceptors (Lipinski definition) is 2. The molecule has 0 amide bonds. The minimum atomic E-state index is 0.167. The van der Waals surface area contributed by atoms with Crippen LogP contribution in [0.25, 0.3) is 0 Å². The highest BCUT2D eigenvalue weighted by Crippen LogP contribution is 2.14. The van der Waals surface area contributed by atoms with Gasteiger partial charge >= 0.3 is 0 Å². The van der Waals surface area contributed by atoms with Crippen LogP contribution in [-0.4, -0.2) is 19.4 Å². The number of carbonyl (C=O) groups is 1. The molecule has 2 heteroatoms. The molecule has 0 saturated carbocycles. The van der Waals surface area contributed by atoms with E-state index in [4.69, 9.17) is 0 Å². The van der Waals surface area contributed by atoms with Crippen molar-refractivity contribution in [3.63, 3.8) is 0 Å². The van der Waals surface area contributed by atoms with Gasteiger partial charge in [0.15, 0.2) is 0 Å². The number of hydrogen-bond donors (Lipinski definition) is 1. The first kappa shape index (κ1) is 11.6. The SMILES string of the molecule is CCC(CC)C(=O)C(C)CNC. The van der Waals surface area contributed by atoms with Gasteiger partial charge in [-0.3, -0.25) is 4.79 Å². The third-order valence-corrected chi connectivity index (χ3v) is 2.38. The van der Waals surface area contributed by atoms with E-state index < -0.39 is 0 Å². The van der Waals surface area contributed by atoms with Crippen molar-refractivity contribution < 1.29 is 4.79 Å². The minimum absolute atomic E-state index is 0.167. The predicted molar refractivity (Wildman–Crippen MR) is 52.2 cm³/mol. The third kappa shape index (κ3) is 3.35. The second-order valence-electron chi connectivity index (χ2n) is 3.37. The van der Waals surface area contributed by atoms with Crippen LogP contribution in [0.5, 0.6) is 0 Å². The van der Waals surface area contributed by atoms with E-state index in [1.54, 1.807) is 0 Å². The summed E-state index contributed by atoms with van der Waals surface area (Å²) in [5, 5.41) is 3.03. The van der Waals surface area contributed by atoms with Gasteiger partial charge in [-0.25, -0.2) is 0 Å². The number of nitrogens with one attached hydrogen (secondary N) is 1. The molecule has 1 atom stereocenters. The fourth-order valence-electron chi connectivity index (χ4n) is 1.50. The third-order valence-electron chi connectivity index (χ3n) is 2.38. The van der Waals surface area contributed by atoms with Crippen molar-refractivity contribution in [2.75, 3.05) is 13.6 Å². The van der Waals surface area contributed by atoms with Crippen LogP contribution in [0, 0.1) is 11.8 Å². The van der Waals surface area contributed by atoms with Crippen molar-refractivity contribution in [3.05, 3.63) is 0 Å². The van der Waals surface area contributed by atoms with E-state index >= 15 is 0 Å². The second kappa shape index (κ2) is 6.18. The number of rotatable bonds is 6. The van der Waals surface area contributed by atoms with Gasteiger partial charge < -0.3 is 5.32 Å². The van der Waals surface area contributed by atoms with Gasteiger partial charge in [0.2, 0.25) is 0 Å². The minimum Gasteiger partial charge on any atom is -0.319 e. The molecule has 72 valence electrons. The molecule has 0 fully saturated rings. The highest BCUT2D eigenvalue weighted by molar-refractivity contribution is 5.83. The van der Waals surface area contributed by atoms with Crippen molar-refractivity contribution >= 4 is 5.78 Å². The summed E-state index contributed by atoms with van der Waals surface area (Å²) in [7, 11) is 1.89. The summed E-state index contributed by atoms with van der Waals surface area (Å²) >= 11 is 0. The average Bonchev–Trinajstić information content (AvgIpc) is 2.07. The van der Waals surface area contributed by atoms with E-state index in [2.05, 4.69) is 19.2 Å². The Morgan fingerprint density at radius 2 is 1.83 bits per heavy atom. The Bertz CT molecular complexity index is 130. The molecule has 2 nitrogen and oxygen atoms in total. The lowest BCUT2D eigenvalue weighted by atomic mass is 9.90. The van der Waals surface area contributed by atoms with Crippen molar-refractivity contribution in [3.8, 4) is 0 Å². The molecule has 0 bridgehead atoms. The first-order valence-corrected chi connectivity index (χ1v) is 4.85. The first-order chi connectivity index (χ1) is 5.67. The maximum absolute atomic E-state index is 11.7. The zero-order valence-electron chi connectivity index (χ0n) is 8.68. The molecule has 0 aromatic carbocycles. The molecule has 0 radical (unpaired) electrons. The molecule has 0 aliphatic heterocycles. The van der Waals surface area contributed by atoms with Gasteiger partial charge in [-0.2, -0.15) is 0 Å². The number of carbonyl (C=O) groups excluding carboxylic acids is 1. The maximum Gasteiger partial charge on any atom is 0.140 e. The van der Waals surface area contributed by atoms with Gasteiger partial charge in [0.05, 0.1) is 0 Å². The number of Topliss-reactive ketones (excluding diaryl/α,β-unsaturated/α-hetero) is 1. The maximum atomic E-state index is 11.7. The van der Waals surface area contributed by atoms with Gasteiger partial charge in [0.1, 0.15) is 5.78 Å². The van der Waals surface area contributed by atoms with E-state index in [-0.39, 0.29) is 11.8 Å². The van der Waals surface area contributed by atoms with E-state index in [0.717, 1.165) is 19.4 Å². The normalized spacial score (nSPS) is 13.4. The van der Waals surface area contributed by atoms with Crippen molar-refractivity contribution in [1.29, 1.82) is 0 Å². The lowest BCUT2D eigenvalue weighted by Crippen LogP contribution is -2.28. The van der Waals surface area contributed by atoms with Crippen LogP contribution in [-0.2, 0) is 4.79 Å². The van der Waals surface area contributed by atoms with Crippen LogP contribution in [0.15, 0.2) is 0 Å². The molecule has 12 heavy (non-hydrogen) atoms. The summed E-state index contributed by atoms with van der Waals surface area (Å²) in [6.45, 7) is 6.96. The van der Waals surface area contributed by atoms with E-state index in [9.17, 15) is 4.79 Å². The van der Waals surface area contributed by atoms with Crippen molar-refractivity contribution in [1.82, 2.24) is 5.32 Å². The van der Waals surface area contributed by atoms with Crippen LogP contribution in [0.3, 0.4) is 0 Å². The smallest absolute Gasteiger partial charge is 0.140 e. The molecule has 0 rings (SSSR count). The molecule has 0 aliphatic carbocycles. The first-order valence-electron chi connectivity index (χ1n) is 4.85. The summed E-state index contributed by atoms with van der Waals surface area (Å²) in [5.41, 5.74) is 0. The Morgan fingerprint density at radius 3 is 2.17 bits per heavy atom. The molecular formula is C10H21NO. The Labute approximate surface area is 75.7 Å². The largest absolute Gasteiger partial charge is 0.319 e. The zero-order chi connectivity index (χ0) is 9.56. The van der Waals surface area contributed by atoms with Gasteiger partial charge in [-0.05, 0) is 19.9 Å². The Kier molecular flexibility index (Phi) is 5.99. The van der Waals surface area contributed by atoms with E-state index in [0.29, 0.717) is 5.78 Å². The molecular weight excluding hydrogens is 150 g/mol. The molecule has 0 aliphatic rings. The average molecular weight is 171 g/mol. The summed E-state index contributed by atoms with van der Waals surface area (Å²) < 4.78 is 0. The van der Waals surface area contributed by atoms with Crippen LogP contribution < -0.4 is 5.32 Å². The monoisotopic (exact) mass is 171 g/mol. The standard InChI is InChI=1S/C10H21NO/c1-5-9(6-2)10(12)8(3)7-11-4/h8-9,11H,5-7H2,1-4H3. The molecule has 0 heterocycles. The second-order valence-corrected chi connectivity index (χ2v) is 3.37. The van der Waals surface area contributed by atoms with Gasteiger partial charge in [-0.15, -0.1) is 0 Å². The molecule has 1 N–H and O–H groups in total. The fraction of sp³-hybridized carbons (Fsp3) is 0.900. The summed E-state index contributed by atoms with van der Waals surface area (Å²) in [5.74, 6) is 0.850. The summed E-state index contributed by atoms with van der Waals surface area (Å²) in [4.78, 5) is 11.7. The van der Waals surface area contributed by atoms with Crippen molar-refractivity contribution in [2.45, 2.75) is 33.6 Å².